The molecule has 1 aromatic heterocycles. The van der Waals surface area contributed by atoms with Crippen LogP contribution in [0.25, 0.3) is 0 Å². The van der Waals surface area contributed by atoms with Crippen molar-refractivity contribution in [3.63, 3.8) is 0 Å². The van der Waals surface area contributed by atoms with Crippen molar-refractivity contribution in [2.75, 3.05) is 32.8 Å². The first-order chi connectivity index (χ1) is 9.16. The summed E-state index contributed by atoms with van der Waals surface area (Å²) in [4.78, 5) is 26.0. The number of carbonyl (C=O) groups excluding carboxylic acids is 2. The number of ether oxygens (including phenoxy) is 1. The second kappa shape index (κ2) is 7.02. The lowest BCUT2D eigenvalue weighted by Gasteiger charge is -2.26. The predicted octanol–water partition coefficient (Wildman–Crippen LogP) is 1.49. The Morgan fingerprint density at radius 3 is 2.79 bits per heavy atom. The molecule has 0 bridgehead atoms. The molecule has 1 aromatic rings. The zero-order chi connectivity index (χ0) is 13.7. The second-order valence-electron chi connectivity index (χ2n) is 4.13. The Labute approximate surface area is 124 Å². The number of hydrogen-bond donors (Lipinski definition) is 1. The van der Waals surface area contributed by atoms with Crippen LogP contribution in [0.2, 0.25) is 0 Å². The molecular formula is C12H15BrN2O3S. The van der Waals surface area contributed by atoms with E-state index in [1.807, 2.05) is 5.38 Å². The Morgan fingerprint density at radius 2 is 2.16 bits per heavy atom. The van der Waals surface area contributed by atoms with E-state index in [-0.39, 0.29) is 11.8 Å². The fourth-order valence-electron chi connectivity index (χ4n) is 1.77. The molecule has 2 heterocycles. The Bertz CT molecular complexity index is 458. The highest BCUT2D eigenvalue weighted by Crippen LogP contribution is 2.19. The van der Waals surface area contributed by atoms with Gasteiger partial charge in [-0.3, -0.25) is 9.59 Å². The summed E-state index contributed by atoms with van der Waals surface area (Å²) in [6, 6.07) is 1.77. The molecule has 104 valence electrons. The predicted molar refractivity (Wildman–Crippen MR) is 76.4 cm³/mol. The van der Waals surface area contributed by atoms with Crippen molar-refractivity contribution >= 4 is 39.1 Å². The highest BCUT2D eigenvalue weighted by molar-refractivity contribution is 9.10. The van der Waals surface area contributed by atoms with Crippen LogP contribution in [0.4, 0.5) is 0 Å². The fraction of sp³-hybridized carbons (Fsp3) is 0.500. The van der Waals surface area contributed by atoms with Crippen molar-refractivity contribution in [3.8, 4) is 0 Å². The van der Waals surface area contributed by atoms with E-state index in [9.17, 15) is 9.59 Å². The summed E-state index contributed by atoms with van der Waals surface area (Å²) in [6.07, 6.45) is 0.332. The number of halogens is 1. The minimum Gasteiger partial charge on any atom is -0.378 e. The van der Waals surface area contributed by atoms with Crippen LogP contribution < -0.4 is 5.32 Å². The summed E-state index contributed by atoms with van der Waals surface area (Å²) in [5, 5.41) is 4.61. The van der Waals surface area contributed by atoms with Gasteiger partial charge in [0.25, 0.3) is 5.91 Å². The van der Waals surface area contributed by atoms with E-state index in [4.69, 9.17) is 4.74 Å². The number of nitrogens with one attached hydrogen (secondary N) is 1. The lowest BCUT2D eigenvalue weighted by atomic mass is 10.3. The van der Waals surface area contributed by atoms with Crippen LogP contribution in [0, 0.1) is 0 Å². The molecule has 0 saturated carbocycles. The number of thiophene rings is 1. The minimum absolute atomic E-state index is 0.0657. The second-order valence-corrected chi connectivity index (χ2v) is 5.96. The number of amides is 2. The normalized spacial score (nSPS) is 15.3. The van der Waals surface area contributed by atoms with E-state index < -0.39 is 0 Å². The van der Waals surface area contributed by atoms with E-state index in [0.29, 0.717) is 44.1 Å². The molecule has 0 radical (unpaired) electrons. The third kappa shape index (κ3) is 4.29. The number of hydrogen-bond acceptors (Lipinski definition) is 4. The molecule has 0 unspecified atom stereocenters. The summed E-state index contributed by atoms with van der Waals surface area (Å²) < 4.78 is 6.08. The number of morpholine rings is 1. The SMILES string of the molecule is O=C(NCCC(=O)N1CCOCC1)c1cc(Br)cs1. The van der Waals surface area contributed by atoms with Crippen LogP contribution in [0.15, 0.2) is 15.9 Å². The van der Waals surface area contributed by atoms with E-state index in [1.165, 1.54) is 11.3 Å². The van der Waals surface area contributed by atoms with Crippen LogP contribution in [-0.4, -0.2) is 49.6 Å². The number of carbonyl (C=O) groups is 2. The molecule has 0 aromatic carbocycles. The summed E-state index contributed by atoms with van der Waals surface area (Å²) in [7, 11) is 0. The smallest absolute Gasteiger partial charge is 0.261 e. The van der Waals surface area contributed by atoms with Gasteiger partial charge in [-0.2, -0.15) is 0 Å². The van der Waals surface area contributed by atoms with Crippen LogP contribution in [-0.2, 0) is 9.53 Å². The number of rotatable bonds is 4. The van der Waals surface area contributed by atoms with Gasteiger partial charge in [-0.25, -0.2) is 0 Å². The molecule has 1 fully saturated rings. The minimum atomic E-state index is -0.134. The maximum absolute atomic E-state index is 11.8. The summed E-state index contributed by atoms with van der Waals surface area (Å²) >= 11 is 4.68. The van der Waals surface area contributed by atoms with E-state index >= 15 is 0 Å². The molecule has 1 aliphatic heterocycles. The summed E-state index contributed by atoms with van der Waals surface area (Å²) in [5.74, 6) is -0.0681. The third-order valence-electron chi connectivity index (χ3n) is 2.78. The van der Waals surface area contributed by atoms with Crippen LogP contribution in [0.1, 0.15) is 16.1 Å². The Hall–Kier alpha value is -0.920. The van der Waals surface area contributed by atoms with Crippen LogP contribution in [0.5, 0.6) is 0 Å². The number of nitrogens with zero attached hydrogens (tertiary/aromatic N) is 1. The van der Waals surface area contributed by atoms with Crippen molar-refractivity contribution < 1.29 is 14.3 Å². The standard InChI is InChI=1S/C12H15BrN2O3S/c13-9-7-10(19-8-9)12(17)14-2-1-11(16)15-3-5-18-6-4-15/h7-8H,1-6H2,(H,14,17). The highest BCUT2D eigenvalue weighted by atomic mass is 79.9. The summed E-state index contributed by atoms with van der Waals surface area (Å²) in [5.41, 5.74) is 0. The van der Waals surface area contributed by atoms with E-state index in [1.54, 1.807) is 11.0 Å². The zero-order valence-electron chi connectivity index (χ0n) is 10.4. The van der Waals surface area contributed by atoms with Gasteiger partial charge in [-0.05, 0) is 22.0 Å². The average molecular weight is 347 g/mol. The molecule has 0 aliphatic carbocycles. The third-order valence-corrected chi connectivity index (χ3v) is 4.47. The lowest BCUT2D eigenvalue weighted by Crippen LogP contribution is -2.41. The van der Waals surface area contributed by atoms with Gasteiger partial charge in [0.2, 0.25) is 5.91 Å². The molecular weight excluding hydrogens is 332 g/mol. The van der Waals surface area contributed by atoms with Gasteiger partial charge in [-0.15, -0.1) is 11.3 Å². The van der Waals surface area contributed by atoms with Crippen molar-refractivity contribution in [2.45, 2.75) is 6.42 Å². The first kappa shape index (κ1) is 14.5. The lowest BCUT2D eigenvalue weighted by molar-refractivity contribution is -0.135. The molecule has 1 aliphatic rings. The van der Waals surface area contributed by atoms with Crippen molar-refractivity contribution in [2.24, 2.45) is 0 Å². The monoisotopic (exact) mass is 346 g/mol. The van der Waals surface area contributed by atoms with Gasteiger partial charge in [0.05, 0.1) is 18.1 Å². The van der Waals surface area contributed by atoms with Gasteiger partial charge in [0.15, 0.2) is 0 Å². The quantitative estimate of drug-likeness (QED) is 0.898. The zero-order valence-corrected chi connectivity index (χ0v) is 12.8. The summed E-state index contributed by atoms with van der Waals surface area (Å²) in [6.45, 7) is 2.85. The molecule has 1 N–H and O–H groups in total. The topological polar surface area (TPSA) is 58.6 Å². The van der Waals surface area contributed by atoms with Crippen molar-refractivity contribution in [1.82, 2.24) is 10.2 Å². The Kier molecular flexibility index (Phi) is 5.35. The van der Waals surface area contributed by atoms with Gasteiger partial charge >= 0.3 is 0 Å². The molecule has 0 atom stereocenters. The van der Waals surface area contributed by atoms with Crippen molar-refractivity contribution in [1.29, 1.82) is 0 Å². The van der Waals surface area contributed by atoms with Crippen LogP contribution >= 0.6 is 27.3 Å². The first-order valence-corrected chi connectivity index (χ1v) is 7.72. The Morgan fingerprint density at radius 1 is 1.42 bits per heavy atom. The van der Waals surface area contributed by atoms with Crippen LogP contribution in [0.3, 0.4) is 0 Å². The molecule has 2 rings (SSSR count). The fourth-order valence-corrected chi connectivity index (χ4v) is 3.12. The van der Waals surface area contributed by atoms with Gasteiger partial charge < -0.3 is 15.0 Å². The largest absolute Gasteiger partial charge is 0.378 e. The first-order valence-electron chi connectivity index (χ1n) is 6.04. The van der Waals surface area contributed by atoms with E-state index in [2.05, 4.69) is 21.2 Å². The molecule has 19 heavy (non-hydrogen) atoms. The van der Waals surface area contributed by atoms with Gasteiger partial charge in [0, 0.05) is 35.9 Å². The van der Waals surface area contributed by atoms with Crippen molar-refractivity contribution in [3.05, 3.63) is 20.8 Å². The van der Waals surface area contributed by atoms with Gasteiger partial charge in [0.1, 0.15) is 0 Å². The Balaban J connectivity index is 1.71. The maximum Gasteiger partial charge on any atom is 0.261 e. The molecule has 1 saturated heterocycles. The average Bonchev–Trinajstić information content (AvgIpc) is 2.86. The molecule has 2 amide bonds. The molecule has 5 nitrogen and oxygen atoms in total. The maximum atomic E-state index is 11.8. The molecule has 7 heteroatoms. The van der Waals surface area contributed by atoms with E-state index in [0.717, 1.165) is 4.47 Å². The van der Waals surface area contributed by atoms with Gasteiger partial charge in [-0.1, -0.05) is 0 Å². The highest BCUT2D eigenvalue weighted by Gasteiger charge is 2.16. The molecule has 0 spiro atoms.